The molecule has 0 radical (unpaired) electrons. The van der Waals surface area contributed by atoms with E-state index in [-0.39, 0.29) is 11.8 Å². The van der Waals surface area contributed by atoms with Gasteiger partial charge in [-0.2, -0.15) is 0 Å². The third kappa shape index (κ3) is 2.05. The van der Waals surface area contributed by atoms with Crippen LogP contribution in [0.15, 0.2) is 54.9 Å². The van der Waals surface area contributed by atoms with Crippen molar-refractivity contribution in [2.45, 2.75) is 37.6 Å². The minimum atomic E-state index is -0.972. The predicted molar refractivity (Wildman–Crippen MR) is 112 cm³/mol. The Hall–Kier alpha value is -3.34. The Morgan fingerprint density at radius 1 is 1.07 bits per heavy atom. The largest absolute Gasteiger partial charge is 0.361 e. The van der Waals surface area contributed by atoms with E-state index in [1.165, 1.54) is 11.1 Å². The van der Waals surface area contributed by atoms with Crippen LogP contribution in [0.5, 0.6) is 0 Å². The Morgan fingerprint density at radius 2 is 1.90 bits per heavy atom. The van der Waals surface area contributed by atoms with E-state index in [0.29, 0.717) is 0 Å². The Labute approximate surface area is 167 Å². The third-order valence-corrected chi connectivity index (χ3v) is 6.87. The van der Waals surface area contributed by atoms with Crippen molar-refractivity contribution in [3.8, 4) is 0 Å². The Bertz CT molecular complexity index is 1330. The van der Waals surface area contributed by atoms with Gasteiger partial charge in [-0.15, -0.1) is 0 Å². The van der Waals surface area contributed by atoms with Gasteiger partial charge in [0.05, 0.1) is 16.8 Å². The van der Waals surface area contributed by atoms with Crippen molar-refractivity contribution in [3.63, 3.8) is 0 Å². The molecule has 2 aliphatic heterocycles. The molecular formula is C24H21N3O2. The topological polar surface area (TPSA) is 66.9 Å². The number of H-pyrrole nitrogens is 1. The lowest BCUT2D eigenvalue weighted by molar-refractivity contribution is -0.126. The molecule has 0 saturated carbocycles. The molecule has 2 aromatic carbocycles. The molecule has 0 bridgehead atoms. The fraction of sp³-hybridized carbons (Fsp3) is 0.250. The van der Waals surface area contributed by atoms with Crippen LogP contribution >= 0.6 is 0 Å². The number of aromatic nitrogens is 2. The van der Waals surface area contributed by atoms with Gasteiger partial charge >= 0.3 is 0 Å². The normalized spacial score (nSPS) is 23.8. The van der Waals surface area contributed by atoms with Crippen molar-refractivity contribution in [1.29, 1.82) is 0 Å². The van der Waals surface area contributed by atoms with Gasteiger partial charge in [0.25, 0.3) is 0 Å². The second kappa shape index (κ2) is 5.60. The lowest BCUT2D eigenvalue weighted by Gasteiger charge is -2.27. The van der Waals surface area contributed by atoms with Gasteiger partial charge in [-0.3, -0.25) is 14.9 Å². The zero-order valence-corrected chi connectivity index (χ0v) is 16.2. The van der Waals surface area contributed by atoms with Crippen LogP contribution in [-0.2, 0) is 28.0 Å². The number of carbonyl (C=O) groups is 2. The first kappa shape index (κ1) is 16.6. The van der Waals surface area contributed by atoms with Crippen LogP contribution in [0.1, 0.15) is 36.0 Å². The Balaban J connectivity index is 1.63. The van der Waals surface area contributed by atoms with Crippen molar-refractivity contribution in [1.82, 2.24) is 14.9 Å². The number of aryl methyl sites for hydroxylation is 2. The molecule has 4 aromatic rings. The first-order valence-corrected chi connectivity index (χ1v) is 10.1. The highest BCUT2D eigenvalue weighted by atomic mass is 16.2. The summed E-state index contributed by atoms with van der Waals surface area (Å²) in [5.74, 6) is -1.01. The molecule has 0 unspecified atom stereocenters. The number of rotatable bonds is 2. The molecule has 5 heteroatoms. The van der Waals surface area contributed by atoms with Gasteiger partial charge in [-0.05, 0) is 42.5 Å². The summed E-state index contributed by atoms with van der Waals surface area (Å²) in [5, 5.41) is 4.70. The number of aromatic amines is 1. The van der Waals surface area contributed by atoms with Gasteiger partial charge in [0.2, 0.25) is 11.8 Å². The summed E-state index contributed by atoms with van der Waals surface area (Å²) in [6.07, 6.45) is 6.13. The van der Waals surface area contributed by atoms with Gasteiger partial charge in [-0.1, -0.05) is 36.4 Å². The molecular weight excluding hydrogens is 362 g/mol. The first-order valence-electron chi connectivity index (χ1n) is 10.1. The maximum Gasteiger partial charge on any atom is 0.238 e. The van der Waals surface area contributed by atoms with Gasteiger partial charge < -0.3 is 9.55 Å². The molecule has 0 spiro atoms. The van der Waals surface area contributed by atoms with Crippen LogP contribution in [0, 0.1) is 0 Å². The van der Waals surface area contributed by atoms with Crippen LogP contribution < -0.4 is 5.32 Å². The number of nitrogens with zero attached hydrogens (tertiary/aromatic N) is 1. The van der Waals surface area contributed by atoms with Crippen molar-refractivity contribution < 1.29 is 9.59 Å². The number of benzene rings is 2. The fourth-order valence-corrected chi connectivity index (χ4v) is 5.45. The summed E-state index contributed by atoms with van der Waals surface area (Å²) >= 11 is 0. The number of imide groups is 1. The smallest absolute Gasteiger partial charge is 0.238 e. The summed E-state index contributed by atoms with van der Waals surface area (Å²) in [6.45, 7) is 2.85. The molecule has 2 atom stereocenters. The van der Waals surface area contributed by atoms with Crippen molar-refractivity contribution >= 4 is 33.6 Å². The predicted octanol–water partition coefficient (Wildman–Crippen LogP) is 3.77. The maximum absolute atomic E-state index is 13.2. The highest BCUT2D eigenvalue weighted by Gasteiger charge is 2.55. The molecule has 1 fully saturated rings. The SMILES string of the molecule is C[C@]1(c2c[nH]c3ccccc23)C(=O)NC(=O)[C@H]1c1cn2c3c(cccc13)CCC2. The molecule has 0 aliphatic carbocycles. The molecule has 2 N–H and O–H groups in total. The Kier molecular flexibility index (Phi) is 3.20. The lowest BCUT2D eigenvalue weighted by atomic mass is 9.70. The highest BCUT2D eigenvalue weighted by Crippen LogP contribution is 2.48. The zero-order valence-electron chi connectivity index (χ0n) is 16.2. The molecule has 144 valence electrons. The molecule has 2 aliphatic rings. The summed E-state index contributed by atoms with van der Waals surface area (Å²) in [5.41, 5.74) is 4.34. The van der Waals surface area contributed by atoms with Crippen LogP contribution in [0.3, 0.4) is 0 Å². The monoisotopic (exact) mass is 383 g/mol. The van der Waals surface area contributed by atoms with Crippen LogP contribution in [0.4, 0.5) is 0 Å². The number of para-hydroxylation sites is 2. The molecule has 2 aromatic heterocycles. The number of hydrogen-bond donors (Lipinski definition) is 2. The third-order valence-electron chi connectivity index (χ3n) is 6.87. The van der Waals surface area contributed by atoms with Crippen molar-refractivity contribution in [2.24, 2.45) is 0 Å². The average Bonchev–Trinajstić information content (AvgIpc) is 3.37. The highest BCUT2D eigenvalue weighted by molar-refractivity contribution is 6.15. The van der Waals surface area contributed by atoms with Crippen LogP contribution in [0.25, 0.3) is 21.8 Å². The fourth-order valence-electron chi connectivity index (χ4n) is 5.45. The first-order chi connectivity index (χ1) is 14.1. The summed E-state index contributed by atoms with van der Waals surface area (Å²) in [7, 11) is 0. The van der Waals surface area contributed by atoms with E-state index >= 15 is 0 Å². The second-order valence-corrected chi connectivity index (χ2v) is 8.40. The molecule has 2 amide bonds. The lowest BCUT2D eigenvalue weighted by Crippen LogP contribution is -2.35. The quantitative estimate of drug-likeness (QED) is 0.518. The molecule has 6 rings (SSSR count). The van der Waals surface area contributed by atoms with E-state index in [9.17, 15) is 9.59 Å². The molecule has 1 saturated heterocycles. The molecule has 5 nitrogen and oxygen atoms in total. The van der Waals surface area contributed by atoms with Gasteiger partial charge in [0, 0.05) is 35.2 Å². The number of amides is 2. The van der Waals surface area contributed by atoms with E-state index in [0.717, 1.165) is 46.8 Å². The standard InChI is InChI=1S/C24H21N3O2/c1-24(18-12-25-19-10-3-2-8-16(18)19)20(22(28)26-23(24)29)17-13-27-11-5-7-14-6-4-9-15(17)21(14)27/h2-4,6,8-10,12-13,20,25H,5,7,11H2,1H3,(H,26,28,29)/t20-,24-/m1/s1. The minimum absolute atomic E-state index is 0.216. The minimum Gasteiger partial charge on any atom is -0.361 e. The van der Waals surface area contributed by atoms with E-state index in [1.807, 2.05) is 37.4 Å². The van der Waals surface area contributed by atoms with E-state index in [1.54, 1.807) is 0 Å². The van der Waals surface area contributed by atoms with Crippen molar-refractivity contribution in [3.05, 3.63) is 71.5 Å². The maximum atomic E-state index is 13.2. The Morgan fingerprint density at radius 3 is 2.79 bits per heavy atom. The molecule has 29 heavy (non-hydrogen) atoms. The molecule has 4 heterocycles. The average molecular weight is 383 g/mol. The van der Waals surface area contributed by atoms with Crippen molar-refractivity contribution in [2.75, 3.05) is 0 Å². The van der Waals surface area contributed by atoms with E-state index < -0.39 is 11.3 Å². The van der Waals surface area contributed by atoms with Gasteiger partial charge in [0.15, 0.2) is 0 Å². The second-order valence-electron chi connectivity index (χ2n) is 8.40. The number of hydrogen-bond acceptors (Lipinski definition) is 2. The van der Waals surface area contributed by atoms with Gasteiger partial charge in [-0.25, -0.2) is 0 Å². The van der Waals surface area contributed by atoms with E-state index in [4.69, 9.17) is 0 Å². The van der Waals surface area contributed by atoms with Crippen LogP contribution in [-0.4, -0.2) is 21.4 Å². The van der Waals surface area contributed by atoms with Gasteiger partial charge in [0.1, 0.15) is 0 Å². The number of fused-ring (bicyclic) bond motifs is 1. The summed E-state index contributed by atoms with van der Waals surface area (Å²) < 4.78 is 2.26. The summed E-state index contributed by atoms with van der Waals surface area (Å²) in [4.78, 5) is 29.6. The van der Waals surface area contributed by atoms with E-state index in [2.05, 4.69) is 39.3 Å². The zero-order chi connectivity index (χ0) is 19.8. The van der Waals surface area contributed by atoms with Crippen LogP contribution in [0.2, 0.25) is 0 Å². The number of nitrogens with one attached hydrogen (secondary N) is 2. The summed E-state index contributed by atoms with van der Waals surface area (Å²) in [6, 6.07) is 14.2. The number of carbonyl (C=O) groups excluding carboxylic acids is 2.